The lowest BCUT2D eigenvalue weighted by Gasteiger charge is -2.18. The summed E-state index contributed by atoms with van der Waals surface area (Å²) in [5.74, 6) is 0.616. The lowest BCUT2D eigenvalue weighted by atomic mass is 10.1. The summed E-state index contributed by atoms with van der Waals surface area (Å²) in [7, 11) is 1.60. The van der Waals surface area contributed by atoms with Crippen LogP contribution < -0.4 is 10.1 Å². The monoisotopic (exact) mass is 361 g/mol. The number of nitrogens with one attached hydrogen (secondary N) is 1. The number of unbranched alkanes of at least 4 members (excludes halogenated alkanes) is 1. The van der Waals surface area contributed by atoms with Crippen molar-refractivity contribution in [1.29, 1.82) is 0 Å². The molecular weight excluding hydrogens is 338 g/mol. The van der Waals surface area contributed by atoms with Gasteiger partial charge in [0.25, 0.3) is 5.91 Å². The van der Waals surface area contributed by atoms with Gasteiger partial charge in [-0.25, -0.2) is 0 Å². The van der Waals surface area contributed by atoms with Crippen LogP contribution in [0.5, 0.6) is 5.75 Å². The van der Waals surface area contributed by atoms with E-state index in [4.69, 9.17) is 21.1 Å². The minimum absolute atomic E-state index is 0.158. The van der Waals surface area contributed by atoms with E-state index in [0.717, 1.165) is 24.2 Å². The number of amides is 1. The fourth-order valence-electron chi connectivity index (χ4n) is 2.38. The lowest BCUT2D eigenvalue weighted by Crippen LogP contribution is -2.29. The summed E-state index contributed by atoms with van der Waals surface area (Å²) in [6.45, 7) is 3.15. The standard InChI is InChI=1S/C20H24ClNO3/c1-3-4-13-25-16-11-9-15(10-12-16)20(23)22-14-19(24-2)17-7-5-6-8-18(17)21/h5-12,19H,3-4,13-14H2,1-2H3,(H,22,23). The number of halogens is 1. The van der Waals surface area contributed by atoms with E-state index in [1.807, 2.05) is 36.4 Å². The zero-order valence-electron chi connectivity index (χ0n) is 14.6. The molecule has 1 atom stereocenters. The molecule has 2 aromatic rings. The van der Waals surface area contributed by atoms with E-state index >= 15 is 0 Å². The van der Waals surface area contributed by atoms with Crippen LogP contribution in [0.25, 0.3) is 0 Å². The van der Waals surface area contributed by atoms with Crippen LogP contribution in [-0.4, -0.2) is 26.2 Å². The molecule has 1 amide bonds. The van der Waals surface area contributed by atoms with Crippen molar-refractivity contribution < 1.29 is 14.3 Å². The molecule has 0 spiro atoms. The molecule has 4 nitrogen and oxygen atoms in total. The molecule has 0 aliphatic heterocycles. The van der Waals surface area contributed by atoms with Crippen LogP contribution in [0, 0.1) is 0 Å². The zero-order valence-corrected chi connectivity index (χ0v) is 15.4. The van der Waals surface area contributed by atoms with Crippen LogP contribution in [0.3, 0.4) is 0 Å². The van der Waals surface area contributed by atoms with Crippen LogP contribution in [0.15, 0.2) is 48.5 Å². The van der Waals surface area contributed by atoms with Gasteiger partial charge in [-0.15, -0.1) is 0 Å². The molecule has 1 N–H and O–H groups in total. The predicted octanol–water partition coefficient (Wildman–Crippen LogP) is 4.64. The Labute approximate surface area is 154 Å². The zero-order chi connectivity index (χ0) is 18.1. The summed E-state index contributed by atoms with van der Waals surface area (Å²) in [6, 6.07) is 14.6. The molecule has 0 aromatic heterocycles. The van der Waals surface area contributed by atoms with E-state index in [9.17, 15) is 4.79 Å². The van der Waals surface area contributed by atoms with Crippen molar-refractivity contribution in [2.75, 3.05) is 20.3 Å². The summed E-state index contributed by atoms with van der Waals surface area (Å²) in [4.78, 5) is 12.3. The van der Waals surface area contributed by atoms with Crippen LogP contribution >= 0.6 is 11.6 Å². The van der Waals surface area contributed by atoms with E-state index in [2.05, 4.69) is 12.2 Å². The molecular formula is C20H24ClNO3. The second kappa shape index (κ2) is 10.1. The number of rotatable bonds is 9. The van der Waals surface area contributed by atoms with Gasteiger partial charge < -0.3 is 14.8 Å². The van der Waals surface area contributed by atoms with Gasteiger partial charge in [-0.2, -0.15) is 0 Å². The Hall–Kier alpha value is -2.04. The number of carbonyl (C=O) groups is 1. The number of carbonyl (C=O) groups excluding carboxylic acids is 1. The lowest BCUT2D eigenvalue weighted by molar-refractivity contribution is 0.0828. The molecule has 25 heavy (non-hydrogen) atoms. The van der Waals surface area contributed by atoms with E-state index in [-0.39, 0.29) is 12.0 Å². The topological polar surface area (TPSA) is 47.6 Å². The van der Waals surface area contributed by atoms with E-state index in [1.165, 1.54) is 0 Å². The average molecular weight is 362 g/mol. The Balaban J connectivity index is 1.91. The van der Waals surface area contributed by atoms with Crippen LogP contribution in [0.2, 0.25) is 5.02 Å². The molecule has 1 unspecified atom stereocenters. The summed E-state index contributed by atoms with van der Waals surface area (Å²) < 4.78 is 11.1. The summed E-state index contributed by atoms with van der Waals surface area (Å²) >= 11 is 6.19. The smallest absolute Gasteiger partial charge is 0.251 e. The van der Waals surface area contributed by atoms with Crippen molar-refractivity contribution in [2.24, 2.45) is 0 Å². The van der Waals surface area contributed by atoms with E-state index in [1.54, 1.807) is 19.2 Å². The largest absolute Gasteiger partial charge is 0.494 e. The Morgan fingerprint density at radius 1 is 1.16 bits per heavy atom. The highest BCUT2D eigenvalue weighted by atomic mass is 35.5. The summed E-state index contributed by atoms with van der Waals surface area (Å²) in [5.41, 5.74) is 1.43. The first kappa shape index (κ1) is 19.3. The van der Waals surface area contributed by atoms with Gasteiger partial charge in [0.15, 0.2) is 0 Å². The quantitative estimate of drug-likeness (QED) is 0.662. The number of hydrogen-bond donors (Lipinski definition) is 1. The van der Waals surface area contributed by atoms with Gasteiger partial charge in [-0.1, -0.05) is 43.1 Å². The van der Waals surface area contributed by atoms with Crippen molar-refractivity contribution >= 4 is 17.5 Å². The normalized spacial score (nSPS) is 11.8. The van der Waals surface area contributed by atoms with Gasteiger partial charge in [0, 0.05) is 29.8 Å². The van der Waals surface area contributed by atoms with Gasteiger partial charge in [0.2, 0.25) is 0 Å². The van der Waals surface area contributed by atoms with Crippen molar-refractivity contribution in [3.63, 3.8) is 0 Å². The molecule has 0 saturated heterocycles. The molecule has 0 fully saturated rings. The molecule has 2 aromatic carbocycles. The molecule has 0 bridgehead atoms. The van der Waals surface area contributed by atoms with Crippen molar-refractivity contribution in [1.82, 2.24) is 5.32 Å². The Kier molecular flexibility index (Phi) is 7.76. The SMILES string of the molecule is CCCCOc1ccc(C(=O)NCC(OC)c2ccccc2Cl)cc1. The van der Waals surface area contributed by atoms with E-state index in [0.29, 0.717) is 23.7 Å². The van der Waals surface area contributed by atoms with Gasteiger partial charge >= 0.3 is 0 Å². The first-order valence-electron chi connectivity index (χ1n) is 8.44. The second-order valence-corrected chi connectivity index (χ2v) is 6.09. The maximum absolute atomic E-state index is 12.3. The molecule has 5 heteroatoms. The third kappa shape index (κ3) is 5.76. The minimum atomic E-state index is -0.297. The molecule has 0 aliphatic carbocycles. The maximum atomic E-state index is 12.3. The predicted molar refractivity (Wildman–Crippen MR) is 100 cm³/mol. The number of benzene rings is 2. The molecule has 134 valence electrons. The summed E-state index contributed by atoms with van der Waals surface area (Å²) in [5, 5.41) is 3.51. The Morgan fingerprint density at radius 2 is 1.88 bits per heavy atom. The number of methoxy groups -OCH3 is 1. The highest BCUT2D eigenvalue weighted by Gasteiger charge is 2.15. The van der Waals surface area contributed by atoms with Crippen molar-refractivity contribution in [3.05, 3.63) is 64.7 Å². The van der Waals surface area contributed by atoms with Crippen LogP contribution in [0.1, 0.15) is 41.8 Å². The third-order valence-corrected chi connectivity index (χ3v) is 4.21. The Morgan fingerprint density at radius 3 is 2.52 bits per heavy atom. The average Bonchev–Trinajstić information content (AvgIpc) is 2.64. The maximum Gasteiger partial charge on any atom is 0.251 e. The fourth-order valence-corrected chi connectivity index (χ4v) is 2.64. The Bertz CT molecular complexity index is 673. The minimum Gasteiger partial charge on any atom is -0.494 e. The molecule has 0 radical (unpaired) electrons. The van der Waals surface area contributed by atoms with Gasteiger partial charge in [0.1, 0.15) is 11.9 Å². The van der Waals surface area contributed by atoms with Crippen molar-refractivity contribution in [3.8, 4) is 5.75 Å². The second-order valence-electron chi connectivity index (χ2n) is 5.68. The number of ether oxygens (including phenoxy) is 2. The van der Waals surface area contributed by atoms with Gasteiger partial charge in [0.05, 0.1) is 6.61 Å². The van der Waals surface area contributed by atoms with Gasteiger partial charge in [-0.3, -0.25) is 4.79 Å². The van der Waals surface area contributed by atoms with Crippen molar-refractivity contribution in [2.45, 2.75) is 25.9 Å². The molecule has 0 heterocycles. The number of hydrogen-bond acceptors (Lipinski definition) is 3. The van der Waals surface area contributed by atoms with E-state index < -0.39 is 0 Å². The molecule has 2 rings (SSSR count). The van der Waals surface area contributed by atoms with Crippen LogP contribution in [0.4, 0.5) is 0 Å². The van der Waals surface area contributed by atoms with Crippen LogP contribution in [-0.2, 0) is 4.74 Å². The fraction of sp³-hybridized carbons (Fsp3) is 0.350. The first-order chi connectivity index (χ1) is 12.2. The summed E-state index contributed by atoms with van der Waals surface area (Å²) in [6.07, 6.45) is 1.81. The molecule has 0 aliphatic rings. The molecule has 0 saturated carbocycles. The first-order valence-corrected chi connectivity index (χ1v) is 8.81. The highest BCUT2D eigenvalue weighted by molar-refractivity contribution is 6.31. The van der Waals surface area contributed by atoms with Gasteiger partial charge in [-0.05, 0) is 36.8 Å². The third-order valence-electron chi connectivity index (χ3n) is 3.87. The highest BCUT2D eigenvalue weighted by Crippen LogP contribution is 2.24.